The van der Waals surface area contributed by atoms with Gasteiger partial charge < -0.3 is 10.1 Å². The Balaban J connectivity index is 2.23. The fourth-order valence-corrected chi connectivity index (χ4v) is 2.31. The number of aromatic nitrogens is 2. The summed E-state index contributed by atoms with van der Waals surface area (Å²) in [4.78, 5) is 7.50. The maximum atomic E-state index is 12.7. The summed E-state index contributed by atoms with van der Waals surface area (Å²) in [7, 11) is 0. The van der Waals surface area contributed by atoms with E-state index in [2.05, 4.69) is 15.3 Å². The topological polar surface area (TPSA) is 47.0 Å². The molecule has 0 radical (unpaired) electrons. The van der Waals surface area contributed by atoms with Crippen LogP contribution in [0, 0.1) is 0 Å². The molecule has 2 rings (SSSR count). The van der Waals surface area contributed by atoms with Crippen LogP contribution in [0.1, 0.15) is 12.6 Å². The van der Waals surface area contributed by atoms with Crippen molar-refractivity contribution < 1.29 is 17.9 Å². The van der Waals surface area contributed by atoms with Crippen LogP contribution in [0.15, 0.2) is 11.1 Å². The zero-order valence-corrected chi connectivity index (χ0v) is 10.4. The average molecular weight is 279 g/mol. The SMILES string of the molecule is CCNc1nc(SC2COC2)cc(C(F)(F)F)n1. The molecular weight excluding hydrogens is 267 g/mol. The van der Waals surface area contributed by atoms with E-state index in [1.807, 2.05) is 0 Å². The van der Waals surface area contributed by atoms with Crippen LogP contribution in [0.25, 0.3) is 0 Å². The van der Waals surface area contributed by atoms with Gasteiger partial charge in [-0.1, -0.05) is 11.8 Å². The lowest BCUT2D eigenvalue weighted by Crippen LogP contribution is -2.30. The van der Waals surface area contributed by atoms with Crippen LogP contribution >= 0.6 is 11.8 Å². The van der Waals surface area contributed by atoms with Gasteiger partial charge in [-0.05, 0) is 6.92 Å². The van der Waals surface area contributed by atoms with Gasteiger partial charge in [-0.2, -0.15) is 13.2 Å². The Morgan fingerprint density at radius 1 is 1.44 bits per heavy atom. The van der Waals surface area contributed by atoms with Gasteiger partial charge in [-0.25, -0.2) is 9.97 Å². The Morgan fingerprint density at radius 3 is 2.67 bits per heavy atom. The van der Waals surface area contributed by atoms with E-state index in [4.69, 9.17) is 4.74 Å². The molecule has 18 heavy (non-hydrogen) atoms. The summed E-state index contributed by atoms with van der Waals surface area (Å²) >= 11 is 1.28. The van der Waals surface area contributed by atoms with Gasteiger partial charge in [0.05, 0.1) is 18.5 Å². The number of hydrogen-bond donors (Lipinski definition) is 1. The molecule has 0 bridgehead atoms. The van der Waals surface area contributed by atoms with Crippen molar-refractivity contribution in [3.05, 3.63) is 11.8 Å². The molecule has 0 unspecified atom stereocenters. The van der Waals surface area contributed by atoms with E-state index < -0.39 is 11.9 Å². The van der Waals surface area contributed by atoms with E-state index in [0.717, 1.165) is 6.07 Å². The van der Waals surface area contributed by atoms with Crippen molar-refractivity contribution in [2.45, 2.75) is 23.4 Å². The maximum Gasteiger partial charge on any atom is 0.433 e. The van der Waals surface area contributed by atoms with Crippen molar-refractivity contribution in [2.75, 3.05) is 25.1 Å². The Hall–Kier alpha value is -1.02. The summed E-state index contributed by atoms with van der Waals surface area (Å²) in [6.07, 6.45) is -4.46. The van der Waals surface area contributed by atoms with Crippen LogP contribution in [0.4, 0.5) is 19.1 Å². The highest BCUT2D eigenvalue weighted by Gasteiger charge is 2.34. The smallest absolute Gasteiger partial charge is 0.379 e. The fourth-order valence-electron chi connectivity index (χ4n) is 1.32. The second-order valence-electron chi connectivity index (χ2n) is 3.72. The third-order valence-electron chi connectivity index (χ3n) is 2.22. The Kier molecular flexibility index (Phi) is 3.96. The van der Waals surface area contributed by atoms with E-state index in [0.29, 0.717) is 24.8 Å². The fraction of sp³-hybridized carbons (Fsp3) is 0.600. The Bertz CT molecular complexity index is 423. The van der Waals surface area contributed by atoms with Gasteiger partial charge in [-0.15, -0.1) is 0 Å². The van der Waals surface area contributed by atoms with Gasteiger partial charge in [0.15, 0.2) is 5.69 Å². The summed E-state index contributed by atoms with van der Waals surface area (Å²) in [5.41, 5.74) is -0.920. The molecule has 1 aromatic heterocycles. The summed E-state index contributed by atoms with van der Waals surface area (Å²) < 4.78 is 43.0. The number of anilines is 1. The molecule has 0 atom stereocenters. The van der Waals surface area contributed by atoms with Crippen LogP contribution in [-0.2, 0) is 10.9 Å². The van der Waals surface area contributed by atoms with Crippen molar-refractivity contribution in [2.24, 2.45) is 0 Å². The summed E-state index contributed by atoms with van der Waals surface area (Å²) in [5.74, 6) is 0.00932. The molecule has 0 saturated carbocycles. The average Bonchev–Trinajstić information content (AvgIpc) is 2.23. The van der Waals surface area contributed by atoms with Crippen molar-refractivity contribution in [3.63, 3.8) is 0 Å². The number of alkyl halides is 3. The molecule has 8 heteroatoms. The molecule has 1 fully saturated rings. The summed E-state index contributed by atoms with van der Waals surface area (Å²) in [5, 5.41) is 3.20. The van der Waals surface area contributed by atoms with Crippen molar-refractivity contribution in [3.8, 4) is 0 Å². The van der Waals surface area contributed by atoms with Crippen LogP contribution < -0.4 is 5.32 Å². The Morgan fingerprint density at radius 2 is 2.17 bits per heavy atom. The zero-order valence-electron chi connectivity index (χ0n) is 9.62. The lowest BCUT2D eigenvalue weighted by Gasteiger charge is -2.25. The molecule has 1 aliphatic heterocycles. The minimum Gasteiger partial charge on any atom is -0.379 e. The molecule has 0 amide bonds. The van der Waals surface area contributed by atoms with E-state index >= 15 is 0 Å². The third kappa shape index (κ3) is 3.26. The number of nitrogens with zero attached hydrogens (tertiary/aromatic N) is 2. The number of nitrogens with one attached hydrogen (secondary N) is 1. The van der Waals surface area contributed by atoms with Gasteiger partial charge in [0.25, 0.3) is 0 Å². The van der Waals surface area contributed by atoms with Gasteiger partial charge in [0.1, 0.15) is 5.03 Å². The molecule has 100 valence electrons. The number of rotatable bonds is 4. The van der Waals surface area contributed by atoms with Gasteiger partial charge >= 0.3 is 6.18 Å². The highest BCUT2D eigenvalue weighted by Crippen LogP contribution is 2.33. The molecule has 2 heterocycles. The molecule has 1 aromatic rings. The molecule has 1 N–H and O–H groups in total. The first kappa shape index (κ1) is 13.4. The number of ether oxygens (including phenoxy) is 1. The second kappa shape index (κ2) is 5.31. The summed E-state index contributed by atoms with van der Waals surface area (Å²) in [6, 6.07) is 0.976. The van der Waals surface area contributed by atoms with Gasteiger partial charge in [-0.3, -0.25) is 0 Å². The summed E-state index contributed by atoms with van der Waals surface area (Å²) in [6.45, 7) is 3.34. The predicted octanol–water partition coefficient (Wildman–Crippen LogP) is 2.42. The van der Waals surface area contributed by atoms with Crippen molar-refractivity contribution >= 4 is 17.7 Å². The molecule has 0 aliphatic carbocycles. The first-order valence-corrected chi connectivity index (χ1v) is 6.31. The molecule has 0 spiro atoms. The first-order chi connectivity index (χ1) is 8.49. The van der Waals surface area contributed by atoms with Crippen molar-refractivity contribution in [1.29, 1.82) is 0 Å². The normalized spacial score (nSPS) is 16.4. The minimum atomic E-state index is -4.46. The minimum absolute atomic E-state index is 0.00932. The van der Waals surface area contributed by atoms with E-state index in [9.17, 15) is 13.2 Å². The van der Waals surface area contributed by atoms with Gasteiger partial charge in [0, 0.05) is 12.6 Å². The highest BCUT2D eigenvalue weighted by atomic mass is 32.2. The zero-order chi connectivity index (χ0) is 13.2. The van der Waals surface area contributed by atoms with Crippen molar-refractivity contribution in [1.82, 2.24) is 9.97 Å². The van der Waals surface area contributed by atoms with Crippen LogP contribution in [0.5, 0.6) is 0 Å². The van der Waals surface area contributed by atoms with E-state index in [1.165, 1.54) is 11.8 Å². The monoisotopic (exact) mass is 279 g/mol. The second-order valence-corrected chi connectivity index (χ2v) is 5.04. The highest BCUT2D eigenvalue weighted by molar-refractivity contribution is 8.00. The van der Waals surface area contributed by atoms with Crippen LogP contribution in [-0.4, -0.2) is 35.0 Å². The largest absolute Gasteiger partial charge is 0.433 e. The lowest BCUT2D eigenvalue weighted by molar-refractivity contribution is -0.141. The molecule has 1 saturated heterocycles. The Labute approximate surface area is 106 Å². The molecular formula is C10H12F3N3OS. The van der Waals surface area contributed by atoms with Crippen LogP contribution in [0.3, 0.4) is 0 Å². The number of halogens is 3. The molecule has 4 nitrogen and oxygen atoms in total. The standard InChI is InChI=1S/C10H12F3N3OS/c1-2-14-9-15-7(10(11,12)13)3-8(16-9)18-6-4-17-5-6/h3,6H,2,4-5H2,1H3,(H,14,15,16). The quantitative estimate of drug-likeness (QED) is 0.858. The third-order valence-corrected chi connectivity index (χ3v) is 3.28. The number of hydrogen-bond acceptors (Lipinski definition) is 5. The maximum absolute atomic E-state index is 12.7. The number of thioether (sulfide) groups is 1. The van der Waals surface area contributed by atoms with Gasteiger partial charge in [0.2, 0.25) is 5.95 Å². The lowest BCUT2D eigenvalue weighted by atomic mass is 10.4. The molecule has 1 aliphatic rings. The van der Waals surface area contributed by atoms with E-state index in [-0.39, 0.29) is 11.2 Å². The molecule has 0 aromatic carbocycles. The van der Waals surface area contributed by atoms with E-state index in [1.54, 1.807) is 6.92 Å². The first-order valence-electron chi connectivity index (χ1n) is 5.43. The van der Waals surface area contributed by atoms with Crippen LogP contribution in [0.2, 0.25) is 0 Å². The predicted molar refractivity (Wildman–Crippen MR) is 61.7 cm³/mol.